The average Bonchev–Trinajstić information content (AvgIpc) is 3.04. The predicted octanol–water partition coefficient (Wildman–Crippen LogP) is 3.77. The van der Waals surface area contributed by atoms with Crippen molar-refractivity contribution in [2.45, 2.75) is 6.10 Å². The van der Waals surface area contributed by atoms with Gasteiger partial charge in [-0.1, -0.05) is 30.3 Å². The van der Waals surface area contributed by atoms with Crippen LogP contribution in [0.2, 0.25) is 0 Å². The highest BCUT2D eigenvalue weighted by Gasteiger charge is 2.14. The Bertz CT molecular complexity index is 847. The van der Waals surface area contributed by atoms with E-state index in [9.17, 15) is 9.90 Å². The maximum atomic E-state index is 12.0. The van der Waals surface area contributed by atoms with Crippen molar-refractivity contribution < 1.29 is 14.6 Å². The van der Waals surface area contributed by atoms with Crippen LogP contribution in [0.15, 0.2) is 53.9 Å². The summed E-state index contributed by atoms with van der Waals surface area (Å²) < 4.78 is 6.30. The summed E-state index contributed by atoms with van der Waals surface area (Å²) in [6.45, 7) is 0.127. The number of aliphatic hydroxyl groups excluding tert-OH is 1. The molecule has 0 aliphatic heterocycles. The van der Waals surface area contributed by atoms with E-state index in [1.807, 2.05) is 41.8 Å². The maximum Gasteiger partial charge on any atom is 0.319 e. The molecule has 1 aromatic heterocycles. The van der Waals surface area contributed by atoms with Crippen molar-refractivity contribution in [1.82, 2.24) is 5.32 Å². The van der Waals surface area contributed by atoms with Crippen LogP contribution in [0.3, 0.4) is 0 Å². The maximum absolute atomic E-state index is 12.0. The molecule has 2 amide bonds. The Balaban J connectivity index is 1.62. The first kappa shape index (κ1) is 16.3. The zero-order chi connectivity index (χ0) is 16.9. The van der Waals surface area contributed by atoms with Gasteiger partial charge in [-0.2, -0.15) is 0 Å². The van der Waals surface area contributed by atoms with Crippen LogP contribution in [-0.2, 0) is 0 Å². The van der Waals surface area contributed by atoms with Gasteiger partial charge in [-0.25, -0.2) is 4.79 Å². The van der Waals surface area contributed by atoms with Crippen LogP contribution in [0.1, 0.15) is 11.7 Å². The molecular weight excluding hydrogens is 324 g/mol. The summed E-state index contributed by atoms with van der Waals surface area (Å²) in [4.78, 5) is 12.0. The van der Waals surface area contributed by atoms with Gasteiger partial charge in [0.25, 0.3) is 0 Å². The van der Waals surface area contributed by atoms with Crippen molar-refractivity contribution in [2.75, 3.05) is 19.0 Å². The van der Waals surface area contributed by atoms with Gasteiger partial charge in [0.15, 0.2) is 0 Å². The molecule has 6 heteroatoms. The standard InChI is InChI=1S/C18H18N2O3S/c1-23-16-8-4-3-7-14(16)20-18(22)19-10-15(21)13-11-24-17-9-5-2-6-12(13)17/h2-9,11,15,21H,10H2,1H3,(H2,19,20,22)/t15-/m1/s1. The smallest absolute Gasteiger partial charge is 0.319 e. The van der Waals surface area contributed by atoms with Crippen LogP contribution in [0.4, 0.5) is 10.5 Å². The first-order valence-electron chi connectivity index (χ1n) is 7.51. The molecule has 0 spiro atoms. The second-order valence-electron chi connectivity index (χ2n) is 5.24. The van der Waals surface area contributed by atoms with E-state index in [2.05, 4.69) is 10.6 Å². The summed E-state index contributed by atoms with van der Waals surface area (Å²) in [6, 6.07) is 14.7. The van der Waals surface area contributed by atoms with Gasteiger partial charge in [-0.15, -0.1) is 11.3 Å². The van der Waals surface area contributed by atoms with Gasteiger partial charge in [0.05, 0.1) is 18.9 Å². The lowest BCUT2D eigenvalue weighted by atomic mass is 10.1. The number of anilines is 1. The first-order valence-corrected chi connectivity index (χ1v) is 8.39. The number of thiophene rings is 1. The van der Waals surface area contributed by atoms with Gasteiger partial charge < -0.3 is 20.5 Å². The highest BCUT2D eigenvalue weighted by atomic mass is 32.1. The monoisotopic (exact) mass is 342 g/mol. The molecule has 2 aromatic carbocycles. The fraction of sp³-hybridized carbons (Fsp3) is 0.167. The number of rotatable bonds is 5. The Morgan fingerprint density at radius 3 is 2.79 bits per heavy atom. The van der Waals surface area contributed by atoms with Crippen LogP contribution in [0.25, 0.3) is 10.1 Å². The van der Waals surface area contributed by atoms with Crippen LogP contribution in [0, 0.1) is 0 Å². The number of carbonyl (C=O) groups is 1. The van der Waals surface area contributed by atoms with E-state index in [4.69, 9.17) is 4.74 Å². The molecule has 24 heavy (non-hydrogen) atoms. The Morgan fingerprint density at radius 1 is 1.21 bits per heavy atom. The number of methoxy groups -OCH3 is 1. The van der Waals surface area contributed by atoms with Gasteiger partial charge in [0, 0.05) is 16.8 Å². The summed E-state index contributed by atoms with van der Waals surface area (Å²) in [7, 11) is 1.55. The SMILES string of the molecule is COc1ccccc1NC(=O)NC[C@@H](O)c1csc2ccccc12. The minimum absolute atomic E-state index is 0.127. The van der Waals surface area contributed by atoms with Gasteiger partial charge in [-0.3, -0.25) is 0 Å². The number of hydrogen-bond donors (Lipinski definition) is 3. The molecule has 0 unspecified atom stereocenters. The fourth-order valence-corrected chi connectivity index (χ4v) is 3.48. The lowest BCUT2D eigenvalue weighted by molar-refractivity contribution is 0.177. The van der Waals surface area contributed by atoms with E-state index < -0.39 is 12.1 Å². The number of ether oxygens (including phenoxy) is 1. The van der Waals surface area contributed by atoms with E-state index in [1.54, 1.807) is 30.6 Å². The second-order valence-corrected chi connectivity index (χ2v) is 6.15. The quantitative estimate of drug-likeness (QED) is 0.661. The molecule has 0 saturated carbocycles. The van der Waals surface area contributed by atoms with Gasteiger partial charge >= 0.3 is 6.03 Å². The van der Waals surface area contributed by atoms with Crippen LogP contribution in [0.5, 0.6) is 5.75 Å². The highest BCUT2D eigenvalue weighted by molar-refractivity contribution is 7.17. The van der Waals surface area contributed by atoms with E-state index in [1.165, 1.54) is 0 Å². The minimum Gasteiger partial charge on any atom is -0.495 e. The lowest BCUT2D eigenvalue weighted by Gasteiger charge is -2.13. The number of benzene rings is 2. The average molecular weight is 342 g/mol. The highest BCUT2D eigenvalue weighted by Crippen LogP contribution is 2.30. The van der Waals surface area contributed by atoms with Crippen molar-refractivity contribution in [3.05, 3.63) is 59.5 Å². The van der Waals surface area contributed by atoms with E-state index in [0.29, 0.717) is 11.4 Å². The Hall–Kier alpha value is -2.57. The van der Waals surface area contributed by atoms with Gasteiger partial charge in [-0.05, 0) is 29.0 Å². The molecule has 3 aromatic rings. The van der Waals surface area contributed by atoms with E-state index >= 15 is 0 Å². The molecule has 0 aliphatic rings. The van der Waals surface area contributed by atoms with Crippen LogP contribution < -0.4 is 15.4 Å². The molecule has 0 fully saturated rings. The Morgan fingerprint density at radius 2 is 1.96 bits per heavy atom. The number of fused-ring (bicyclic) bond motifs is 1. The molecule has 3 N–H and O–H groups in total. The Kier molecular flexibility index (Phi) is 4.98. The molecule has 0 bridgehead atoms. The third-order valence-corrected chi connectivity index (χ3v) is 4.66. The number of hydrogen-bond acceptors (Lipinski definition) is 4. The van der Waals surface area contributed by atoms with Crippen molar-refractivity contribution in [3.63, 3.8) is 0 Å². The zero-order valence-corrected chi connectivity index (χ0v) is 14.0. The molecule has 5 nitrogen and oxygen atoms in total. The van der Waals surface area contributed by atoms with Gasteiger partial charge in [0.1, 0.15) is 5.75 Å². The predicted molar refractivity (Wildman–Crippen MR) is 96.8 cm³/mol. The van der Waals surface area contributed by atoms with E-state index in [-0.39, 0.29) is 6.54 Å². The number of aliphatic hydroxyl groups is 1. The van der Waals surface area contributed by atoms with Crippen molar-refractivity contribution in [1.29, 1.82) is 0 Å². The number of carbonyl (C=O) groups excluding carboxylic acids is 1. The van der Waals surface area contributed by atoms with Crippen LogP contribution >= 0.6 is 11.3 Å². The third-order valence-electron chi connectivity index (χ3n) is 3.68. The summed E-state index contributed by atoms with van der Waals surface area (Å²) in [6.07, 6.45) is -0.760. The number of urea groups is 1. The van der Waals surface area contributed by atoms with Gasteiger partial charge in [0.2, 0.25) is 0 Å². The van der Waals surface area contributed by atoms with Crippen molar-refractivity contribution in [3.8, 4) is 5.75 Å². The normalized spacial score (nSPS) is 11.9. The fourth-order valence-electron chi connectivity index (χ4n) is 2.47. The van der Waals surface area contributed by atoms with Crippen molar-refractivity contribution in [2.24, 2.45) is 0 Å². The summed E-state index contributed by atoms with van der Waals surface area (Å²) in [5.74, 6) is 0.581. The number of amides is 2. The topological polar surface area (TPSA) is 70.6 Å². The first-order chi connectivity index (χ1) is 11.7. The lowest BCUT2D eigenvalue weighted by Crippen LogP contribution is -2.32. The molecule has 1 atom stereocenters. The molecule has 124 valence electrons. The van der Waals surface area contributed by atoms with Crippen LogP contribution in [-0.4, -0.2) is 24.8 Å². The Labute approximate surface area is 143 Å². The zero-order valence-electron chi connectivity index (χ0n) is 13.2. The summed E-state index contributed by atoms with van der Waals surface area (Å²) in [5, 5.41) is 18.7. The summed E-state index contributed by atoms with van der Waals surface area (Å²) >= 11 is 1.58. The molecular formula is C18H18N2O3S. The number of para-hydroxylation sites is 2. The third kappa shape index (κ3) is 3.50. The molecule has 0 aliphatic carbocycles. The number of nitrogens with one attached hydrogen (secondary N) is 2. The van der Waals surface area contributed by atoms with Crippen molar-refractivity contribution >= 4 is 33.1 Å². The minimum atomic E-state index is -0.760. The molecule has 0 saturated heterocycles. The molecule has 0 radical (unpaired) electrons. The summed E-state index contributed by atoms with van der Waals surface area (Å²) in [5.41, 5.74) is 1.40. The van der Waals surface area contributed by atoms with E-state index in [0.717, 1.165) is 15.6 Å². The molecule has 1 heterocycles. The largest absolute Gasteiger partial charge is 0.495 e. The molecule has 3 rings (SSSR count). The second kappa shape index (κ2) is 7.33.